The molecule has 0 fully saturated rings. The van der Waals surface area contributed by atoms with Gasteiger partial charge in [-0.15, -0.1) is 0 Å². The van der Waals surface area contributed by atoms with Crippen LogP contribution in [-0.2, 0) is 9.53 Å². The van der Waals surface area contributed by atoms with E-state index in [4.69, 9.17) is 9.84 Å². The molecule has 0 aliphatic heterocycles. The molecule has 20 heavy (non-hydrogen) atoms. The van der Waals surface area contributed by atoms with E-state index in [-0.39, 0.29) is 6.61 Å². The maximum absolute atomic E-state index is 11.9. The molecule has 0 aliphatic carbocycles. The predicted octanol–water partition coefficient (Wildman–Crippen LogP) is 2.51. The lowest BCUT2D eigenvalue weighted by Gasteiger charge is -2.16. The summed E-state index contributed by atoms with van der Waals surface area (Å²) in [6, 6.07) is 7.32. The van der Waals surface area contributed by atoms with E-state index in [2.05, 4.69) is 11.6 Å². The first-order valence-corrected chi connectivity index (χ1v) is 6.56. The molecule has 104 valence electrons. The molecule has 1 amide bonds. The van der Waals surface area contributed by atoms with Gasteiger partial charge in [0.05, 0.1) is 10.2 Å². The second kappa shape index (κ2) is 6.16. The van der Waals surface area contributed by atoms with E-state index in [1.165, 1.54) is 17.4 Å². The first-order chi connectivity index (χ1) is 9.61. The van der Waals surface area contributed by atoms with Gasteiger partial charge in [0.1, 0.15) is 13.2 Å². The lowest BCUT2D eigenvalue weighted by molar-refractivity contribution is -0.135. The van der Waals surface area contributed by atoms with E-state index in [0.29, 0.717) is 10.6 Å². The second-order valence-corrected chi connectivity index (χ2v) is 4.82. The van der Waals surface area contributed by atoms with Crippen molar-refractivity contribution < 1.29 is 19.4 Å². The molecule has 0 unspecified atom stereocenters. The highest BCUT2D eigenvalue weighted by atomic mass is 32.1. The third-order valence-electron chi connectivity index (χ3n) is 2.35. The number of carbonyl (C=O) groups is 2. The molecule has 0 saturated carbocycles. The molecule has 0 radical (unpaired) electrons. The predicted molar refractivity (Wildman–Crippen MR) is 76.1 cm³/mol. The number of aromatic nitrogens is 1. The first-order valence-electron chi connectivity index (χ1n) is 5.74. The highest BCUT2D eigenvalue weighted by Crippen LogP contribution is 2.28. The standard InChI is InChI=1S/C13H12N2O4S/c1-2-7-19-13(18)15(8-11(16)17)12-14-9-5-3-4-6-10(9)20-12/h2-6H,1,7-8H2,(H,16,17). The van der Waals surface area contributed by atoms with Gasteiger partial charge in [-0.1, -0.05) is 36.1 Å². The number of rotatable bonds is 5. The Morgan fingerprint density at radius 1 is 1.45 bits per heavy atom. The Hall–Kier alpha value is -2.41. The van der Waals surface area contributed by atoms with E-state index in [0.717, 1.165) is 9.60 Å². The van der Waals surface area contributed by atoms with Crippen LogP contribution in [0.15, 0.2) is 36.9 Å². The van der Waals surface area contributed by atoms with Gasteiger partial charge in [0.25, 0.3) is 0 Å². The molecule has 1 N–H and O–H groups in total. The van der Waals surface area contributed by atoms with Gasteiger partial charge in [-0.3, -0.25) is 4.79 Å². The van der Waals surface area contributed by atoms with Crippen LogP contribution in [0.5, 0.6) is 0 Å². The number of nitrogens with zero attached hydrogens (tertiary/aromatic N) is 2. The summed E-state index contributed by atoms with van der Waals surface area (Å²) >= 11 is 1.23. The Morgan fingerprint density at radius 2 is 2.20 bits per heavy atom. The fraction of sp³-hybridized carbons (Fsp3) is 0.154. The summed E-state index contributed by atoms with van der Waals surface area (Å²) in [4.78, 5) is 28.0. The van der Waals surface area contributed by atoms with E-state index < -0.39 is 18.6 Å². The number of carboxylic acids is 1. The second-order valence-electron chi connectivity index (χ2n) is 3.81. The summed E-state index contributed by atoms with van der Waals surface area (Å²) in [6.45, 7) is 2.94. The Bertz CT molecular complexity index is 620. The monoisotopic (exact) mass is 292 g/mol. The number of fused-ring (bicyclic) bond motifs is 1. The normalized spacial score (nSPS) is 10.2. The zero-order valence-electron chi connectivity index (χ0n) is 10.5. The van der Waals surface area contributed by atoms with Crippen molar-refractivity contribution in [1.82, 2.24) is 4.98 Å². The number of hydrogen-bond donors (Lipinski definition) is 1. The Kier molecular flexibility index (Phi) is 4.31. The molecule has 1 heterocycles. The summed E-state index contributed by atoms with van der Waals surface area (Å²) in [5.74, 6) is -1.14. The van der Waals surface area contributed by atoms with Crippen LogP contribution in [0.2, 0.25) is 0 Å². The van der Waals surface area contributed by atoms with Crippen LogP contribution in [0.25, 0.3) is 10.2 Å². The van der Waals surface area contributed by atoms with Gasteiger partial charge in [-0.25, -0.2) is 14.7 Å². The first kappa shape index (κ1) is 14.0. The number of anilines is 1. The van der Waals surface area contributed by atoms with E-state index in [1.807, 2.05) is 18.2 Å². The molecule has 0 atom stereocenters. The Balaban J connectivity index is 2.31. The van der Waals surface area contributed by atoms with Gasteiger partial charge in [0.15, 0.2) is 5.13 Å². The van der Waals surface area contributed by atoms with Crippen LogP contribution in [0, 0.1) is 0 Å². The topological polar surface area (TPSA) is 79.7 Å². The van der Waals surface area contributed by atoms with Gasteiger partial charge >= 0.3 is 12.1 Å². The van der Waals surface area contributed by atoms with Crippen molar-refractivity contribution in [2.45, 2.75) is 0 Å². The minimum atomic E-state index is -1.14. The summed E-state index contributed by atoms with van der Waals surface area (Å²) in [6.07, 6.45) is 0.654. The van der Waals surface area contributed by atoms with E-state index in [9.17, 15) is 9.59 Å². The van der Waals surface area contributed by atoms with Crippen LogP contribution in [0.3, 0.4) is 0 Å². The highest BCUT2D eigenvalue weighted by molar-refractivity contribution is 7.22. The third kappa shape index (κ3) is 3.12. The summed E-state index contributed by atoms with van der Waals surface area (Å²) in [5, 5.41) is 9.20. The minimum absolute atomic E-state index is 0.0137. The van der Waals surface area contributed by atoms with E-state index >= 15 is 0 Å². The molecule has 0 bridgehead atoms. The molecule has 0 spiro atoms. The lowest BCUT2D eigenvalue weighted by Crippen LogP contribution is -2.36. The van der Waals surface area contributed by atoms with Crippen LogP contribution < -0.4 is 4.90 Å². The van der Waals surface area contributed by atoms with Crippen molar-refractivity contribution in [1.29, 1.82) is 0 Å². The number of ether oxygens (including phenoxy) is 1. The number of para-hydroxylation sites is 1. The summed E-state index contributed by atoms with van der Waals surface area (Å²) < 4.78 is 5.75. The average Bonchev–Trinajstić information content (AvgIpc) is 2.85. The van der Waals surface area contributed by atoms with Gasteiger partial charge in [0.2, 0.25) is 0 Å². The van der Waals surface area contributed by atoms with Crippen molar-refractivity contribution in [3.63, 3.8) is 0 Å². The number of hydrogen-bond acceptors (Lipinski definition) is 5. The van der Waals surface area contributed by atoms with Crippen molar-refractivity contribution in [3.05, 3.63) is 36.9 Å². The number of thiazole rings is 1. The molecular formula is C13H12N2O4S. The molecule has 0 saturated heterocycles. The Labute approximate surface area is 118 Å². The number of benzene rings is 1. The smallest absolute Gasteiger partial charge is 0.416 e. The van der Waals surface area contributed by atoms with Crippen molar-refractivity contribution >= 4 is 38.7 Å². The van der Waals surface area contributed by atoms with Gasteiger partial charge in [-0.2, -0.15) is 0 Å². The van der Waals surface area contributed by atoms with Crippen molar-refractivity contribution in [2.75, 3.05) is 18.1 Å². The highest BCUT2D eigenvalue weighted by Gasteiger charge is 2.23. The van der Waals surface area contributed by atoms with Crippen LogP contribution in [0.1, 0.15) is 0 Å². The maximum atomic E-state index is 11.9. The van der Waals surface area contributed by atoms with Gasteiger partial charge < -0.3 is 9.84 Å². The third-order valence-corrected chi connectivity index (χ3v) is 3.41. The largest absolute Gasteiger partial charge is 0.480 e. The summed E-state index contributed by atoms with van der Waals surface area (Å²) in [5.41, 5.74) is 0.708. The molecule has 7 heteroatoms. The fourth-order valence-electron chi connectivity index (χ4n) is 1.53. The molecule has 1 aromatic carbocycles. The summed E-state index contributed by atoms with van der Waals surface area (Å²) in [7, 11) is 0. The molecule has 2 aromatic rings. The van der Waals surface area contributed by atoms with Crippen molar-refractivity contribution in [3.8, 4) is 0 Å². The number of amides is 1. The van der Waals surface area contributed by atoms with Crippen LogP contribution in [-0.4, -0.2) is 35.3 Å². The number of carbonyl (C=O) groups excluding carboxylic acids is 1. The lowest BCUT2D eigenvalue weighted by atomic mass is 10.3. The minimum Gasteiger partial charge on any atom is -0.480 e. The quantitative estimate of drug-likeness (QED) is 0.856. The van der Waals surface area contributed by atoms with Crippen molar-refractivity contribution in [2.24, 2.45) is 0 Å². The molecular weight excluding hydrogens is 280 g/mol. The Morgan fingerprint density at radius 3 is 2.85 bits per heavy atom. The zero-order chi connectivity index (χ0) is 14.5. The number of aliphatic carboxylic acids is 1. The average molecular weight is 292 g/mol. The molecule has 6 nitrogen and oxygen atoms in total. The maximum Gasteiger partial charge on any atom is 0.416 e. The fourth-order valence-corrected chi connectivity index (χ4v) is 2.48. The zero-order valence-corrected chi connectivity index (χ0v) is 11.3. The van der Waals surface area contributed by atoms with Crippen LogP contribution >= 0.6 is 11.3 Å². The molecule has 1 aromatic heterocycles. The van der Waals surface area contributed by atoms with E-state index in [1.54, 1.807) is 6.07 Å². The van der Waals surface area contributed by atoms with Gasteiger partial charge in [0, 0.05) is 0 Å². The molecule has 0 aliphatic rings. The SMILES string of the molecule is C=CCOC(=O)N(CC(=O)O)c1nc2ccccc2s1. The van der Waals surface area contributed by atoms with Crippen LogP contribution in [0.4, 0.5) is 9.93 Å². The van der Waals surface area contributed by atoms with Gasteiger partial charge in [-0.05, 0) is 12.1 Å². The molecule has 2 rings (SSSR count). The number of carboxylic acid groups (broad SMARTS) is 1.